The van der Waals surface area contributed by atoms with Gasteiger partial charge in [-0.2, -0.15) is 5.26 Å². The molecule has 2 aromatic carbocycles. The number of halogens is 2. The molecule has 4 heteroatoms. The Bertz CT molecular complexity index is 636. The summed E-state index contributed by atoms with van der Waals surface area (Å²) in [6.07, 6.45) is -0.326. The molecule has 0 spiro atoms. The summed E-state index contributed by atoms with van der Waals surface area (Å²) in [6, 6.07) is 13.3. The summed E-state index contributed by atoms with van der Waals surface area (Å²) in [7, 11) is 0. The van der Waals surface area contributed by atoms with Gasteiger partial charge in [-0.3, -0.25) is 0 Å². The lowest BCUT2D eigenvalue weighted by Crippen LogP contribution is -2.05. The minimum Gasteiger partial charge on any atom is -0.485 e. The summed E-state index contributed by atoms with van der Waals surface area (Å²) in [5.41, 5.74) is 0.775. The van der Waals surface area contributed by atoms with Crippen molar-refractivity contribution in [3.8, 4) is 11.8 Å². The third kappa shape index (κ3) is 3.04. The van der Waals surface area contributed by atoms with Crippen LogP contribution in [0.1, 0.15) is 24.2 Å². The predicted molar refractivity (Wildman–Crippen MR) is 71.6 cm³/mol. The van der Waals surface area contributed by atoms with Gasteiger partial charge < -0.3 is 4.74 Å². The highest BCUT2D eigenvalue weighted by Gasteiger charge is 2.13. The van der Waals surface area contributed by atoms with Gasteiger partial charge in [0.05, 0.1) is 0 Å². The Balaban J connectivity index is 2.27. The zero-order valence-electron chi connectivity index (χ0n) is 10.2. The molecular weight excluding hydrogens is 265 g/mol. The van der Waals surface area contributed by atoms with Gasteiger partial charge in [0.1, 0.15) is 29.3 Å². The molecule has 0 aromatic heterocycles. The van der Waals surface area contributed by atoms with Crippen molar-refractivity contribution in [2.45, 2.75) is 13.0 Å². The number of benzene rings is 2. The molecule has 2 rings (SSSR count). The minimum absolute atomic E-state index is 0.0867. The van der Waals surface area contributed by atoms with Crippen LogP contribution in [0.25, 0.3) is 0 Å². The Hall–Kier alpha value is -2.05. The molecule has 0 N–H and O–H groups in total. The Labute approximate surface area is 116 Å². The molecule has 0 fully saturated rings. The highest BCUT2D eigenvalue weighted by atomic mass is 35.5. The van der Waals surface area contributed by atoms with E-state index in [0.717, 1.165) is 5.56 Å². The van der Waals surface area contributed by atoms with Gasteiger partial charge in [-0.15, -0.1) is 0 Å². The number of rotatable bonds is 3. The van der Waals surface area contributed by atoms with Gasteiger partial charge in [-0.25, -0.2) is 4.39 Å². The van der Waals surface area contributed by atoms with Gasteiger partial charge in [0.15, 0.2) is 0 Å². The Morgan fingerprint density at radius 2 is 2.00 bits per heavy atom. The van der Waals surface area contributed by atoms with E-state index in [9.17, 15) is 4.39 Å². The van der Waals surface area contributed by atoms with E-state index in [-0.39, 0.29) is 17.4 Å². The Kier molecular flexibility index (Phi) is 4.03. The fourth-order valence-corrected chi connectivity index (χ4v) is 1.93. The van der Waals surface area contributed by atoms with Crippen LogP contribution in [0.2, 0.25) is 5.02 Å². The highest BCUT2D eigenvalue weighted by Crippen LogP contribution is 2.27. The lowest BCUT2D eigenvalue weighted by molar-refractivity contribution is 0.225. The van der Waals surface area contributed by atoms with Crippen LogP contribution < -0.4 is 4.74 Å². The molecule has 0 aliphatic carbocycles. The molecule has 0 aliphatic rings. The van der Waals surface area contributed by atoms with Crippen LogP contribution in [0.15, 0.2) is 42.5 Å². The van der Waals surface area contributed by atoms with E-state index < -0.39 is 5.82 Å². The second-order valence-corrected chi connectivity index (χ2v) is 4.48. The smallest absolute Gasteiger partial charge is 0.144 e. The monoisotopic (exact) mass is 275 g/mol. The summed E-state index contributed by atoms with van der Waals surface area (Å²) >= 11 is 5.91. The van der Waals surface area contributed by atoms with Gasteiger partial charge in [0.25, 0.3) is 0 Å². The first-order chi connectivity index (χ1) is 9.11. The highest BCUT2D eigenvalue weighted by molar-refractivity contribution is 6.30. The van der Waals surface area contributed by atoms with Crippen molar-refractivity contribution >= 4 is 11.6 Å². The molecule has 2 nitrogen and oxygen atoms in total. The molecule has 96 valence electrons. The second-order valence-electron chi connectivity index (χ2n) is 4.04. The van der Waals surface area contributed by atoms with Crippen molar-refractivity contribution < 1.29 is 9.13 Å². The summed E-state index contributed by atoms with van der Waals surface area (Å²) < 4.78 is 19.1. The van der Waals surface area contributed by atoms with Gasteiger partial charge in [0, 0.05) is 5.02 Å². The molecule has 19 heavy (non-hydrogen) atoms. The summed E-state index contributed by atoms with van der Waals surface area (Å²) in [5, 5.41) is 9.54. The molecule has 0 bridgehead atoms. The first-order valence-corrected chi connectivity index (χ1v) is 6.10. The van der Waals surface area contributed by atoms with Gasteiger partial charge in [-0.1, -0.05) is 29.8 Å². The van der Waals surface area contributed by atoms with E-state index >= 15 is 0 Å². The van der Waals surface area contributed by atoms with E-state index in [1.807, 2.05) is 19.1 Å². The lowest BCUT2D eigenvalue weighted by Gasteiger charge is -2.16. The fourth-order valence-electron chi connectivity index (χ4n) is 1.73. The number of hydrogen-bond acceptors (Lipinski definition) is 2. The summed E-state index contributed by atoms with van der Waals surface area (Å²) in [6.45, 7) is 1.82. The molecule has 0 saturated heterocycles. The first kappa shape index (κ1) is 13.4. The van der Waals surface area contributed by atoms with Crippen LogP contribution in [0.5, 0.6) is 5.75 Å². The molecular formula is C15H11ClFNO. The fraction of sp³-hybridized carbons (Fsp3) is 0.133. The van der Waals surface area contributed by atoms with E-state index in [4.69, 9.17) is 21.6 Å². The predicted octanol–water partition coefficient (Wildman–Crippen LogP) is 4.49. The van der Waals surface area contributed by atoms with E-state index in [1.165, 1.54) is 12.1 Å². The van der Waals surface area contributed by atoms with Gasteiger partial charge >= 0.3 is 0 Å². The van der Waals surface area contributed by atoms with Gasteiger partial charge in [-0.05, 0) is 36.8 Å². The standard InChI is InChI=1S/C15H11ClFNO/c1-10(11-4-2-5-12(16)8-11)19-15-7-3-6-14(17)13(15)9-18/h2-8,10H,1H3/t10-/m1/s1. The quantitative estimate of drug-likeness (QED) is 0.827. The molecule has 0 heterocycles. The van der Waals surface area contributed by atoms with Crippen molar-refractivity contribution in [1.82, 2.24) is 0 Å². The van der Waals surface area contributed by atoms with E-state index in [0.29, 0.717) is 5.02 Å². The molecule has 0 amide bonds. The molecule has 0 saturated carbocycles. The van der Waals surface area contributed by atoms with E-state index in [2.05, 4.69) is 0 Å². The maximum atomic E-state index is 13.4. The third-order valence-corrected chi connectivity index (χ3v) is 2.94. The maximum Gasteiger partial charge on any atom is 0.144 e. The van der Waals surface area contributed by atoms with Crippen LogP contribution in [-0.2, 0) is 0 Å². The minimum atomic E-state index is -0.585. The molecule has 2 aromatic rings. The second kappa shape index (κ2) is 5.73. The normalized spacial score (nSPS) is 11.7. The Morgan fingerprint density at radius 3 is 2.68 bits per heavy atom. The van der Waals surface area contributed by atoms with Crippen LogP contribution >= 0.6 is 11.6 Å². The van der Waals surface area contributed by atoms with Crippen molar-refractivity contribution in [3.63, 3.8) is 0 Å². The van der Waals surface area contributed by atoms with Gasteiger partial charge in [0.2, 0.25) is 0 Å². The zero-order valence-corrected chi connectivity index (χ0v) is 11.0. The van der Waals surface area contributed by atoms with Crippen LogP contribution in [0.3, 0.4) is 0 Å². The van der Waals surface area contributed by atoms with Crippen molar-refractivity contribution in [2.24, 2.45) is 0 Å². The SMILES string of the molecule is C[C@@H](Oc1cccc(F)c1C#N)c1cccc(Cl)c1. The Morgan fingerprint density at radius 1 is 1.26 bits per heavy atom. The van der Waals surface area contributed by atoms with Crippen molar-refractivity contribution in [1.29, 1.82) is 5.26 Å². The zero-order chi connectivity index (χ0) is 13.8. The molecule has 1 atom stereocenters. The van der Waals surface area contributed by atoms with Crippen LogP contribution in [0.4, 0.5) is 4.39 Å². The van der Waals surface area contributed by atoms with Crippen molar-refractivity contribution in [3.05, 3.63) is 64.4 Å². The average Bonchev–Trinajstić information content (AvgIpc) is 2.39. The molecule has 0 unspecified atom stereocenters. The van der Waals surface area contributed by atoms with E-state index in [1.54, 1.807) is 24.3 Å². The summed E-state index contributed by atoms with van der Waals surface area (Å²) in [4.78, 5) is 0. The number of hydrogen-bond donors (Lipinski definition) is 0. The van der Waals surface area contributed by atoms with Crippen LogP contribution in [-0.4, -0.2) is 0 Å². The third-order valence-electron chi connectivity index (χ3n) is 2.71. The van der Waals surface area contributed by atoms with Crippen LogP contribution in [0, 0.1) is 17.1 Å². The number of nitriles is 1. The number of nitrogens with zero attached hydrogens (tertiary/aromatic N) is 1. The molecule has 0 aliphatic heterocycles. The summed E-state index contributed by atoms with van der Waals surface area (Å²) in [5.74, 6) is -0.353. The number of ether oxygens (including phenoxy) is 1. The lowest BCUT2D eigenvalue weighted by atomic mass is 10.1. The topological polar surface area (TPSA) is 33.0 Å². The first-order valence-electron chi connectivity index (χ1n) is 5.72. The van der Waals surface area contributed by atoms with Crippen molar-refractivity contribution in [2.75, 3.05) is 0 Å². The largest absolute Gasteiger partial charge is 0.485 e. The molecule has 0 radical (unpaired) electrons. The maximum absolute atomic E-state index is 13.4. The average molecular weight is 276 g/mol.